The number of hydrogen-bond acceptors (Lipinski definition) is 6. The lowest BCUT2D eigenvalue weighted by Crippen LogP contribution is -2.40. The first kappa shape index (κ1) is 21.1. The Labute approximate surface area is 176 Å². The van der Waals surface area contributed by atoms with Crippen LogP contribution in [0.2, 0.25) is 0 Å². The van der Waals surface area contributed by atoms with Crippen molar-refractivity contribution < 1.29 is 28.0 Å². The van der Waals surface area contributed by atoms with Gasteiger partial charge >= 0.3 is 0 Å². The minimum absolute atomic E-state index is 0.221. The maximum atomic E-state index is 13.6. The molecule has 2 heterocycles. The number of carbonyl (C=O) groups excluding carboxylic acids is 1. The average Bonchev–Trinajstić information content (AvgIpc) is 3.24. The standard InChI is InChI=1S/C21H21F2N3O5/c22-15-3-1-13(11-16(15)23)20-18(5-8-31-20)24-17-4-2-14(12-19(17)26(28)29)21(27)25-6-9-30-10-7-25/h1-4,11-12,18,20,24H,5-10H2. The van der Waals surface area contributed by atoms with Gasteiger partial charge in [-0.1, -0.05) is 6.07 Å². The van der Waals surface area contributed by atoms with Crippen molar-refractivity contribution in [1.82, 2.24) is 4.90 Å². The van der Waals surface area contributed by atoms with E-state index in [0.717, 1.165) is 12.1 Å². The molecule has 2 aliphatic rings. The fourth-order valence-corrected chi connectivity index (χ4v) is 3.84. The van der Waals surface area contributed by atoms with Crippen molar-refractivity contribution in [2.45, 2.75) is 18.6 Å². The summed E-state index contributed by atoms with van der Waals surface area (Å²) in [6.07, 6.45) is -0.0701. The first-order chi connectivity index (χ1) is 14.9. The molecule has 2 atom stereocenters. The molecule has 31 heavy (non-hydrogen) atoms. The van der Waals surface area contributed by atoms with Crippen molar-refractivity contribution in [1.29, 1.82) is 0 Å². The van der Waals surface area contributed by atoms with Gasteiger partial charge in [0.15, 0.2) is 11.6 Å². The highest BCUT2D eigenvalue weighted by atomic mass is 19.2. The number of amides is 1. The fourth-order valence-electron chi connectivity index (χ4n) is 3.84. The summed E-state index contributed by atoms with van der Waals surface area (Å²) < 4.78 is 37.8. The highest BCUT2D eigenvalue weighted by molar-refractivity contribution is 5.95. The molecule has 4 rings (SSSR count). The molecule has 1 amide bonds. The van der Waals surface area contributed by atoms with E-state index in [1.165, 1.54) is 24.3 Å². The smallest absolute Gasteiger partial charge is 0.293 e. The summed E-state index contributed by atoms with van der Waals surface area (Å²) >= 11 is 0. The highest BCUT2D eigenvalue weighted by Gasteiger charge is 2.32. The summed E-state index contributed by atoms with van der Waals surface area (Å²) in [5, 5.41) is 14.8. The topological polar surface area (TPSA) is 93.9 Å². The van der Waals surface area contributed by atoms with Crippen LogP contribution in [0.25, 0.3) is 0 Å². The molecule has 2 unspecified atom stereocenters. The van der Waals surface area contributed by atoms with E-state index in [9.17, 15) is 23.7 Å². The average molecular weight is 433 g/mol. The predicted molar refractivity (Wildman–Crippen MR) is 107 cm³/mol. The lowest BCUT2D eigenvalue weighted by Gasteiger charge is -2.27. The molecule has 0 radical (unpaired) electrons. The second kappa shape index (κ2) is 8.94. The third-order valence-corrected chi connectivity index (χ3v) is 5.44. The van der Waals surface area contributed by atoms with E-state index in [-0.39, 0.29) is 28.9 Å². The van der Waals surface area contributed by atoms with Crippen molar-refractivity contribution in [2.24, 2.45) is 0 Å². The molecular weight excluding hydrogens is 412 g/mol. The molecule has 0 aromatic heterocycles. The minimum atomic E-state index is -0.983. The van der Waals surface area contributed by atoms with E-state index >= 15 is 0 Å². The zero-order chi connectivity index (χ0) is 22.0. The molecule has 0 bridgehead atoms. The molecule has 2 aromatic carbocycles. The van der Waals surface area contributed by atoms with Crippen LogP contribution < -0.4 is 5.32 Å². The van der Waals surface area contributed by atoms with Crippen molar-refractivity contribution in [2.75, 3.05) is 38.2 Å². The summed E-state index contributed by atoms with van der Waals surface area (Å²) in [5.74, 6) is -2.23. The number of nitrogens with zero attached hydrogens (tertiary/aromatic N) is 2. The normalized spacial score (nSPS) is 21.2. The maximum absolute atomic E-state index is 13.6. The van der Waals surface area contributed by atoms with Gasteiger partial charge in [-0.25, -0.2) is 8.78 Å². The molecule has 1 N–H and O–H groups in total. The number of nitro benzene ring substituents is 1. The van der Waals surface area contributed by atoms with E-state index in [0.29, 0.717) is 44.9 Å². The number of hydrogen-bond donors (Lipinski definition) is 1. The van der Waals surface area contributed by atoms with Crippen molar-refractivity contribution >= 4 is 17.3 Å². The van der Waals surface area contributed by atoms with Gasteiger partial charge in [0.2, 0.25) is 0 Å². The van der Waals surface area contributed by atoms with Crippen molar-refractivity contribution in [3.63, 3.8) is 0 Å². The number of morpholine rings is 1. The molecule has 2 aromatic rings. The summed E-state index contributed by atoms with van der Waals surface area (Å²) in [6.45, 7) is 2.09. The Hall–Kier alpha value is -3.11. The van der Waals surface area contributed by atoms with Crippen molar-refractivity contribution in [3.8, 4) is 0 Å². The van der Waals surface area contributed by atoms with Gasteiger partial charge in [-0.05, 0) is 36.2 Å². The number of carbonyl (C=O) groups is 1. The maximum Gasteiger partial charge on any atom is 0.293 e. The number of benzene rings is 2. The zero-order valence-corrected chi connectivity index (χ0v) is 16.6. The summed E-state index contributed by atoms with van der Waals surface area (Å²) in [6, 6.07) is 7.42. The Kier molecular flexibility index (Phi) is 6.10. The molecule has 0 aliphatic carbocycles. The van der Waals surface area contributed by atoms with Gasteiger partial charge in [0.1, 0.15) is 11.8 Å². The zero-order valence-electron chi connectivity index (χ0n) is 16.6. The van der Waals surface area contributed by atoms with Crippen LogP contribution in [0.3, 0.4) is 0 Å². The summed E-state index contributed by atoms with van der Waals surface area (Å²) in [7, 11) is 0. The molecule has 0 spiro atoms. The van der Waals surface area contributed by atoms with Gasteiger partial charge < -0.3 is 19.7 Å². The second-order valence-corrected chi connectivity index (χ2v) is 7.40. The van der Waals surface area contributed by atoms with Crippen LogP contribution in [0, 0.1) is 21.7 Å². The van der Waals surface area contributed by atoms with Gasteiger partial charge in [-0.15, -0.1) is 0 Å². The molecule has 0 saturated carbocycles. The van der Waals surface area contributed by atoms with Crippen LogP contribution in [0.15, 0.2) is 36.4 Å². The van der Waals surface area contributed by atoms with Crippen LogP contribution >= 0.6 is 0 Å². The molecule has 8 nitrogen and oxygen atoms in total. The third-order valence-electron chi connectivity index (χ3n) is 5.44. The van der Waals surface area contributed by atoms with E-state index < -0.39 is 22.7 Å². The second-order valence-electron chi connectivity index (χ2n) is 7.40. The van der Waals surface area contributed by atoms with Gasteiger partial charge in [0.25, 0.3) is 11.6 Å². The molecule has 2 aliphatic heterocycles. The highest BCUT2D eigenvalue weighted by Crippen LogP contribution is 2.35. The monoisotopic (exact) mass is 433 g/mol. The SMILES string of the molecule is O=C(c1ccc(NC2CCOC2c2ccc(F)c(F)c2)c([N+](=O)[O-])c1)N1CCOCC1. The van der Waals surface area contributed by atoms with Crippen LogP contribution in [0.5, 0.6) is 0 Å². The van der Waals surface area contributed by atoms with Crippen LogP contribution in [0.1, 0.15) is 28.4 Å². The number of rotatable bonds is 5. The Morgan fingerprint density at radius 3 is 2.58 bits per heavy atom. The van der Waals surface area contributed by atoms with Crippen molar-refractivity contribution in [3.05, 3.63) is 69.3 Å². The summed E-state index contributed by atoms with van der Waals surface area (Å²) in [5.41, 5.74) is 0.649. The third kappa shape index (κ3) is 4.49. The van der Waals surface area contributed by atoms with Crippen LogP contribution in [-0.2, 0) is 9.47 Å². The lowest BCUT2D eigenvalue weighted by atomic mass is 10.0. The van der Waals surface area contributed by atoms with Crippen LogP contribution in [0.4, 0.5) is 20.2 Å². The van der Waals surface area contributed by atoms with E-state index in [4.69, 9.17) is 9.47 Å². The first-order valence-electron chi connectivity index (χ1n) is 9.92. The largest absolute Gasteiger partial charge is 0.378 e. The van der Waals surface area contributed by atoms with E-state index in [2.05, 4.69) is 5.32 Å². The molecule has 2 fully saturated rings. The van der Waals surface area contributed by atoms with Gasteiger partial charge in [-0.3, -0.25) is 14.9 Å². The van der Waals surface area contributed by atoms with Gasteiger partial charge in [-0.2, -0.15) is 0 Å². The Morgan fingerprint density at radius 1 is 1.10 bits per heavy atom. The van der Waals surface area contributed by atoms with E-state index in [1.807, 2.05) is 0 Å². The molecular formula is C21H21F2N3O5. The molecule has 10 heteroatoms. The molecule has 2 saturated heterocycles. The number of ether oxygens (including phenoxy) is 2. The Morgan fingerprint density at radius 2 is 1.87 bits per heavy atom. The van der Waals surface area contributed by atoms with Gasteiger partial charge in [0.05, 0.1) is 24.2 Å². The lowest BCUT2D eigenvalue weighted by molar-refractivity contribution is -0.384. The van der Waals surface area contributed by atoms with Crippen LogP contribution in [-0.4, -0.2) is 54.7 Å². The van der Waals surface area contributed by atoms with Gasteiger partial charge in [0, 0.05) is 31.3 Å². The minimum Gasteiger partial charge on any atom is -0.378 e. The number of anilines is 1. The molecule has 164 valence electrons. The number of halogens is 2. The Balaban J connectivity index is 1.56. The fraction of sp³-hybridized carbons (Fsp3) is 0.381. The quantitative estimate of drug-likeness (QED) is 0.575. The summed E-state index contributed by atoms with van der Waals surface area (Å²) in [4.78, 5) is 25.4. The Bertz CT molecular complexity index is 997. The first-order valence-corrected chi connectivity index (χ1v) is 9.92. The number of nitrogens with one attached hydrogen (secondary N) is 1. The van der Waals surface area contributed by atoms with E-state index in [1.54, 1.807) is 4.90 Å². The predicted octanol–water partition coefficient (Wildman–Crippen LogP) is 3.29. The number of nitro groups is 1.